The Balaban J connectivity index is 2.68. The Morgan fingerprint density at radius 2 is 2.08 bits per heavy atom. The van der Waals surface area contributed by atoms with Gasteiger partial charge in [-0.15, -0.1) is 0 Å². The predicted octanol–water partition coefficient (Wildman–Crippen LogP) is 3.59. The molecule has 1 aromatic carbocycles. The van der Waals surface area contributed by atoms with E-state index in [1.807, 2.05) is 18.2 Å². The van der Waals surface area contributed by atoms with Gasteiger partial charge in [-0.1, -0.05) is 31.5 Å². The third-order valence-corrected chi connectivity index (χ3v) is 2.47. The van der Waals surface area contributed by atoms with Crippen molar-refractivity contribution in [3.63, 3.8) is 0 Å². The van der Waals surface area contributed by atoms with Crippen molar-refractivity contribution in [2.24, 2.45) is 0 Å². The Morgan fingerprint density at radius 1 is 1.33 bits per heavy atom. The van der Waals surface area contributed by atoms with Crippen molar-refractivity contribution < 1.29 is 4.55 Å². The van der Waals surface area contributed by atoms with Gasteiger partial charge in [0.2, 0.25) is 0 Å². The van der Waals surface area contributed by atoms with Crippen molar-refractivity contribution in [2.45, 2.75) is 31.1 Å². The van der Waals surface area contributed by atoms with Crippen LogP contribution < -0.4 is 0 Å². The average molecular weight is 182 g/mol. The Labute approximate surface area is 78.0 Å². The molecule has 0 amide bonds. The van der Waals surface area contributed by atoms with E-state index in [2.05, 4.69) is 13.0 Å². The summed E-state index contributed by atoms with van der Waals surface area (Å²) in [6, 6.07) is 8.00. The van der Waals surface area contributed by atoms with E-state index in [4.69, 9.17) is 4.55 Å². The third kappa shape index (κ3) is 2.54. The molecule has 1 aromatic rings. The highest BCUT2D eigenvalue weighted by Gasteiger charge is 1.99. The van der Waals surface area contributed by atoms with Gasteiger partial charge in [-0.05, 0) is 24.5 Å². The van der Waals surface area contributed by atoms with E-state index >= 15 is 0 Å². The molecule has 0 aliphatic carbocycles. The highest BCUT2D eigenvalue weighted by molar-refractivity contribution is 7.93. The first-order valence-corrected chi connectivity index (χ1v) is 5.05. The summed E-state index contributed by atoms with van der Waals surface area (Å²) in [6.45, 7) is 2.18. The molecule has 0 heterocycles. The highest BCUT2D eigenvalue weighted by atomic mass is 32.2. The van der Waals surface area contributed by atoms with Crippen molar-refractivity contribution in [1.29, 1.82) is 0 Å². The van der Waals surface area contributed by atoms with Crippen molar-refractivity contribution in [1.82, 2.24) is 0 Å². The highest BCUT2D eigenvalue weighted by Crippen LogP contribution is 2.20. The van der Waals surface area contributed by atoms with Crippen LogP contribution in [0.1, 0.15) is 25.3 Å². The second-order valence-electron chi connectivity index (χ2n) is 2.80. The van der Waals surface area contributed by atoms with E-state index in [0.717, 1.165) is 23.4 Å². The lowest BCUT2D eigenvalue weighted by Gasteiger charge is -2.03. The predicted molar refractivity (Wildman–Crippen MR) is 53.5 cm³/mol. The van der Waals surface area contributed by atoms with E-state index in [0.29, 0.717) is 0 Å². The molecule has 0 aromatic heterocycles. The molecule has 0 atom stereocenters. The lowest BCUT2D eigenvalue weighted by Crippen LogP contribution is -1.87. The summed E-state index contributed by atoms with van der Waals surface area (Å²) in [7, 11) is 0. The normalized spacial score (nSPS) is 10.2. The molecule has 12 heavy (non-hydrogen) atoms. The maximum Gasteiger partial charge on any atom is 0.0382 e. The Hall–Kier alpha value is -0.470. The van der Waals surface area contributed by atoms with Crippen LogP contribution in [0.2, 0.25) is 0 Å². The Kier molecular flexibility index (Phi) is 4.19. The minimum Gasteiger partial charge on any atom is -0.325 e. The van der Waals surface area contributed by atoms with Crippen LogP contribution in [0.5, 0.6) is 0 Å². The zero-order valence-corrected chi connectivity index (χ0v) is 8.10. The van der Waals surface area contributed by atoms with Crippen molar-refractivity contribution >= 4 is 12.0 Å². The molecule has 0 aliphatic heterocycles. The van der Waals surface area contributed by atoms with Gasteiger partial charge in [-0.2, -0.15) is 0 Å². The van der Waals surface area contributed by atoms with Crippen LogP contribution in [0.4, 0.5) is 0 Å². The smallest absolute Gasteiger partial charge is 0.0382 e. The van der Waals surface area contributed by atoms with E-state index < -0.39 is 0 Å². The van der Waals surface area contributed by atoms with Crippen LogP contribution in [-0.4, -0.2) is 4.55 Å². The molecule has 0 fully saturated rings. The molecule has 66 valence electrons. The van der Waals surface area contributed by atoms with Gasteiger partial charge >= 0.3 is 0 Å². The average Bonchev–Trinajstić information content (AvgIpc) is 2.15. The lowest BCUT2D eigenvalue weighted by atomic mass is 10.1. The quantitative estimate of drug-likeness (QED) is 0.718. The molecule has 0 unspecified atom stereocenters. The summed E-state index contributed by atoms with van der Waals surface area (Å²) in [6.07, 6.45) is 3.46. The first-order chi connectivity index (χ1) is 5.88. The monoisotopic (exact) mass is 182 g/mol. The molecule has 2 heteroatoms. The van der Waals surface area contributed by atoms with E-state index in [-0.39, 0.29) is 0 Å². The fourth-order valence-electron chi connectivity index (χ4n) is 1.17. The van der Waals surface area contributed by atoms with Crippen LogP contribution in [0, 0.1) is 0 Å². The van der Waals surface area contributed by atoms with Gasteiger partial charge in [-0.3, -0.25) is 0 Å². The number of unbranched alkanes of at least 4 members (excludes halogenated alkanes) is 1. The van der Waals surface area contributed by atoms with Gasteiger partial charge in [-0.25, -0.2) is 0 Å². The topological polar surface area (TPSA) is 20.2 Å². The third-order valence-electron chi connectivity index (χ3n) is 1.87. The molecule has 1 N–H and O–H groups in total. The first-order valence-electron chi connectivity index (χ1n) is 4.27. The molecule has 0 saturated carbocycles. The molecule has 1 rings (SSSR count). The minimum absolute atomic E-state index is 0.846. The number of benzene rings is 1. The molecule has 1 nitrogen and oxygen atoms in total. The Bertz CT molecular complexity index is 235. The standard InChI is InChI=1S/C10H14OS/c1-2-3-6-9-7-4-5-8-10(9)12-11/h4-5,7-8,11H,2-3,6H2,1H3. The van der Waals surface area contributed by atoms with Crippen LogP contribution >= 0.6 is 12.0 Å². The molecule has 0 radical (unpaired) electrons. The van der Waals surface area contributed by atoms with Crippen molar-refractivity contribution in [3.05, 3.63) is 29.8 Å². The van der Waals surface area contributed by atoms with Crippen LogP contribution in [0.15, 0.2) is 29.2 Å². The number of rotatable bonds is 4. The van der Waals surface area contributed by atoms with Gasteiger partial charge < -0.3 is 4.55 Å². The zero-order valence-electron chi connectivity index (χ0n) is 7.29. The number of hydrogen-bond donors (Lipinski definition) is 1. The zero-order chi connectivity index (χ0) is 8.81. The number of hydrogen-bond acceptors (Lipinski definition) is 2. The van der Waals surface area contributed by atoms with Crippen molar-refractivity contribution in [2.75, 3.05) is 0 Å². The molecular formula is C10H14OS. The van der Waals surface area contributed by atoms with Crippen LogP contribution in [0.25, 0.3) is 0 Å². The first kappa shape index (κ1) is 9.62. The van der Waals surface area contributed by atoms with Crippen molar-refractivity contribution in [3.8, 4) is 0 Å². The van der Waals surface area contributed by atoms with E-state index in [9.17, 15) is 0 Å². The minimum atomic E-state index is 0.846. The molecule has 0 bridgehead atoms. The fourth-order valence-corrected chi connectivity index (χ4v) is 1.59. The summed E-state index contributed by atoms with van der Waals surface area (Å²) in [5, 5.41) is 0. The van der Waals surface area contributed by atoms with Gasteiger partial charge in [0.05, 0.1) is 0 Å². The van der Waals surface area contributed by atoms with Crippen LogP contribution in [0.3, 0.4) is 0 Å². The molecule has 0 saturated heterocycles. The van der Waals surface area contributed by atoms with Gasteiger partial charge in [0, 0.05) is 16.9 Å². The Morgan fingerprint density at radius 3 is 2.75 bits per heavy atom. The SMILES string of the molecule is CCCCc1ccccc1SO. The van der Waals surface area contributed by atoms with E-state index in [1.54, 1.807) is 0 Å². The molecule has 0 spiro atoms. The fraction of sp³-hybridized carbons (Fsp3) is 0.400. The van der Waals surface area contributed by atoms with E-state index in [1.165, 1.54) is 18.4 Å². The second-order valence-corrected chi connectivity index (χ2v) is 3.42. The number of aryl methyl sites for hydroxylation is 1. The maximum absolute atomic E-state index is 8.93. The maximum atomic E-state index is 8.93. The summed E-state index contributed by atoms with van der Waals surface area (Å²) < 4.78 is 8.93. The molecule has 0 aliphatic rings. The van der Waals surface area contributed by atoms with Crippen LogP contribution in [-0.2, 0) is 6.42 Å². The largest absolute Gasteiger partial charge is 0.325 e. The summed E-state index contributed by atoms with van der Waals surface area (Å²) in [5.74, 6) is 0. The summed E-state index contributed by atoms with van der Waals surface area (Å²) in [5.41, 5.74) is 1.26. The van der Waals surface area contributed by atoms with Gasteiger partial charge in [0.15, 0.2) is 0 Å². The summed E-state index contributed by atoms with van der Waals surface area (Å²) in [4.78, 5) is 0.992. The molecular weight excluding hydrogens is 168 g/mol. The van der Waals surface area contributed by atoms with Gasteiger partial charge in [0.25, 0.3) is 0 Å². The van der Waals surface area contributed by atoms with Gasteiger partial charge in [0.1, 0.15) is 0 Å². The lowest BCUT2D eigenvalue weighted by molar-refractivity contribution is 0.661. The summed E-state index contributed by atoms with van der Waals surface area (Å²) >= 11 is 0.846. The second kappa shape index (κ2) is 5.22.